The van der Waals surface area contributed by atoms with E-state index in [1.54, 1.807) is 17.1 Å². The van der Waals surface area contributed by atoms with Crippen LogP contribution in [-0.4, -0.2) is 57.7 Å². The fraction of sp³-hybridized carbons (Fsp3) is 0.444. The van der Waals surface area contributed by atoms with Gasteiger partial charge in [0.05, 0.1) is 18.6 Å². The van der Waals surface area contributed by atoms with Crippen LogP contribution in [0, 0.1) is 0 Å². The van der Waals surface area contributed by atoms with Crippen LogP contribution in [0.25, 0.3) is 5.69 Å². The molecule has 0 unspecified atom stereocenters. The topological polar surface area (TPSA) is 70.4 Å². The first-order valence-electron chi connectivity index (χ1n) is 8.50. The molecule has 1 amide bonds. The average molecular weight is 328 g/mol. The van der Waals surface area contributed by atoms with Crippen molar-refractivity contribution in [1.29, 1.82) is 0 Å². The minimum Gasteiger partial charge on any atom is -0.393 e. The van der Waals surface area contributed by atoms with Crippen LogP contribution in [-0.2, 0) is 0 Å². The predicted octanol–water partition coefficient (Wildman–Crippen LogP) is 1.45. The lowest BCUT2D eigenvalue weighted by atomic mass is 10.1. The van der Waals surface area contributed by atoms with Gasteiger partial charge in [0.2, 0.25) is 0 Å². The third-order valence-corrected chi connectivity index (χ3v) is 4.40. The summed E-state index contributed by atoms with van der Waals surface area (Å²) in [6, 6.07) is 9.71. The van der Waals surface area contributed by atoms with Gasteiger partial charge in [-0.25, -0.2) is 4.98 Å². The molecule has 1 aliphatic rings. The molecule has 3 rings (SSSR count). The quantitative estimate of drug-likeness (QED) is 0.788. The van der Waals surface area contributed by atoms with Crippen LogP contribution in [0.1, 0.15) is 29.8 Å². The summed E-state index contributed by atoms with van der Waals surface area (Å²) in [6.45, 7) is 3.47. The molecule has 1 aromatic carbocycles. The summed E-state index contributed by atoms with van der Waals surface area (Å²) in [5.41, 5.74) is 1.47. The molecule has 6 heteroatoms. The van der Waals surface area contributed by atoms with Crippen molar-refractivity contribution in [3.63, 3.8) is 0 Å². The fourth-order valence-corrected chi connectivity index (χ4v) is 3.00. The molecular weight excluding hydrogens is 304 g/mol. The van der Waals surface area contributed by atoms with Gasteiger partial charge >= 0.3 is 0 Å². The molecule has 2 N–H and O–H groups in total. The highest BCUT2D eigenvalue weighted by Gasteiger charge is 2.16. The van der Waals surface area contributed by atoms with Crippen LogP contribution in [0.3, 0.4) is 0 Å². The van der Waals surface area contributed by atoms with Gasteiger partial charge in [-0.3, -0.25) is 9.36 Å². The summed E-state index contributed by atoms with van der Waals surface area (Å²) in [5.74, 6) is -0.106. The third kappa shape index (κ3) is 4.21. The predicted molar refractivity (Wildman–Crippen MR) is 92.2 cm³/mol. The van der Waals surface area contributed by atoms with Gasteiger partial charge in [-0.1, -0.05) is 18.2 Å². The Balaban J connectivity index is 1.47. The van der Waals surface area contributed by atoms with Gasteiger partial charge in [-0.2, -0.15) is 0 Å². The van der Waals surface area contributed by atoms with Crippen LogP contribution in [0.2, 0.25) is 0 Å². The first-order chi connectivity index (χ1) is 11.7. The Bertz CT molecular complexity index is 648. The molecule has 6 nitrogen and oxygen atoms in total. The highest BCUT2D eigenvalue weighted by molar-refractivity contribution is 5.92. The van der Waals surface area contributed by atoms with Crippen LogP contribution in [0.5, 0.6) is 0 Å². The molecule has 0 saturated carbocycles. The Morgan fingerprint density at radius 2 is 2.00 bits per heavy atom. The second-order valence-corrected chi connectivity index (χ2v) is 6.17. The van der Waals surface area contributed by atoms with Gasteiger partial charge in [0.1, 0.15) is 5.69 Å². The van der Waals surface area contributed by atoms with Crippen molar-refractivity contribution < 1.29 is 9.90 Å². The second kappa shape index (κ2) is 8.08. The number of hydrogen-bond acceptors (Lipinski definition) is 4. The minimum atomic E-state index is -0.140. The van der Waals surface area contributed by atoms with Crippen molar-refractivity contribution >= 4 is 5.91 Å². The first-order valence-corrected chi connectivity index (χ1v) is 8.50. The van der Waals surface area contributed by atoms with Crippen molar-refractivity contribution in [2.24, 2.45) is 0 Å². The van der Waals surface area contributed by atoms with E-state index in [0.29, 0.717) is 12.2 Å². The number of carbonyl (C=O) groups is 1. The summed E-state index contributed by atoms with van der Waals surface area (Å²) in [4.78, 5) is 18.8. The molecular formula is C18H24N4O2. The molecule has 1 aromatic heterocycles. The van der Waals surface area contributed by atoms with E-state index in [1.165, 1.54) is 0 Å². The largest absolute Gasteiger partial charge is 0.393 e. The van der Waals surface area contributed by atoms with Crippen molar-refractivity contribution in [3.05, 3.63) is 48.5 Å². The van der Waals surface area contributed by atoms with E-state index in [9.17, 15) is 9.90 Å². The summed E-state index contributed by atoms with van der Waals surface area (Å²) in [7, 11) is 0. The highest BCUT2D eigenvalue weighted by atomic mass is 16.3. The number of carbonyl (C=O) groups excluding carboxylic acids is 1. The number of rotatable bonds is 6. The molecule has 2 aromatic rings. The number of aliphatic hydroxyl groups is 1. The standard InChI is InChI=1S/C18H24N4O2/c23-16-7-11-21(12-8-16)10-4-9-20-18(24)17-13-19-14-22(17)15-5-2-1-3-6-15/h1-3,5-6,13-14,16,23H,4,7-12H2,(H,20,24). The van der Waals surface area contributed by atoms with Crippen LogP contribution in [0.15, 0.2) is 42.9 Å². The normalized spacial score (nSPS) is 16.2. The van der Waals surface area contributed by atoms with E-state index in [4.69, 9.17) is 0 Å². The van der Waals surface area contributed by atoms with E-state index in [1.807, 2.05) is 30.3 Å². The van der Waals surface area contributed by atoms with Crippen LogP contribution in [0.4, 0.5) is 0 Å². The van der Waals surface area contributed by atoms with Crippen molar-refractivity contribution in [2.75, 3.05) is 26.2 Å². The number of amides is 1. The maximum Gasteiger partial charge on any atom is 0.269 e. The van der Waals surface area contributed by atoms with Gasteiger partial charge in [-0.05, 0) is 37.9 Å². The Morgan fingerprint density at radius 3 is 2.75 bits per heavy atom. The molecule has 0 atom stereocenters. The van der Waals surface area contributed by atoms with E-state index in [2.05, 4.69) is 15.2 Å². The zero-order valence-electron chi connectivity index (χ0n) is 13.8. The minimum absolute atomic E-state index is 0.106. The Hall–Kier alpha value is -2.18. The lowest BCUT2D eigenvalue weighted by Crippen LogP contribution is -2.37. The molecule has 1 aliphatic heterocycles. The number of likely N-dealkylation sites (tertiary alicyclic amines) is 1. The number of para-hydroxylation sites is 1. The molecule has 0 radical (unpaired) electrons. The van der Waals surface area contributed by atoms with Gasteiger partial charge in [0.25, 0.3) is 5.91 Å². The lowest BCUT2D eigenvalue weighted by molar-refractivity contribution is 0.0816. The number of piperidine rings is 1. The summed E-state index contributed by atoms with van der Waals surface area (Å²) in [5, 5.41) is 12.5. The number of hydrogen-bond donors (Lipinski definition) is 2. The Kier molecular flexibility index (Phi) is 5.61. The van der Waals surface area contributed by atoms with E-state index < -0.39 is 0 Å². The van der Waals surface area contributed by atoms with Gasteiger partial charge in [-0.15, -0.1) is 0 Å². The zero-order chi connectivity index (χ0) is 16.8. The summed E-state index contributed by atoms with van der Waals surface area (Å²) < 4.78 is 1.79. The van der Waals surface area contributed by atoms with Gasteiger partial charge in [0, 0.05) is 25.3 Å². The number of aliphatic hydroxyl groups excluding tert-OH is 1. The number of imidazole rings is 1. The molecule has 0 spiro atoms. The molecule has 1 saturated heterocycles. The highest BCUT2D eigenvalue weighted by Crippen LogP contribution is 2.11. The molecule has 1 fully saturated rings. The second-order valence-electron chi connectivity index (χ2n) is 6.17. The molecule has 0 aliphatic carbocycles. The number of nitrogens with zero attached hydrogens (tertiary/aromatic N) is 3. The van der Waals surface area contributed by atoms with E-state index in [0.717, 1.165) is 44.6 Å². The molecule has 0 bridgehead atoms. The maximum absolute atomic E-state index is 12.4. The first kappa shape index (κ1) is 16.7. The summed E-state index contributed by atoms with van der Waals surface area (Å²) >= 11 is 0. The average Bonchev–Trinajstić information content (AvgIpc) is 3.11. The Morgan fingerprint density at radius 1 is 1.25 bits per heavy atom. The van der Waals surface area contributed by atoms with E-state index in [-0.39, 0.29) is 12.0 Å². The maximum atomic E-state index is 12.4. The smallest absolute Gasteiger partial charge is 0.269 e. The molecule has 128 valence electrons. The summed E-state index contributed by atoms with van der Waals surface area (Å²) in [6.07, 6.45) is 5.71. The van der Waals surface area contributed by atoms with Crippen LogP contribution < -0.4 is 5.32 Å². The van der Waals surface area contributed by atoms with Crippen molar-refractivity contribution in [1.82, 2.24) is 19.8 Å². The SMILES string of the molecule is O=C(NCCCN1CCC(O)CC1)c1cncn1-c1ccccc1. The van der Waals surface area contributed by atoms with E-state index >= 15 is 0 Å². The third-order valence-electron chi connectivity index (χ3n) is 4.40. The van der Waals surface area contributed by atoms with Gasteiger partial charge < -0.3 is 15.3 Å². The fourth-order valence-electron chi connectivity index (χ4n) is 3.00. The van der Waals surface area contributed by atoms with Gasteiger partial charge in [0.15, 0.2) is 0 Å². The monoisotopic (exact) mass is 328 g/mol. The molecule has 2 heterocycles. The van der Waals surface area contributed by atoms with Crippen LogP contribution >= 0.6 is 0 Å². The van der Waals surface area contributed by atoms with Crippen molar-refractivity contribution in [2.45, 2.75) is 25.4 Å². The number of aromatic nitrogens is 2. The number of benzene rings is 1. The Labute approximate surface area is 142 Å². The zero-order valence-corrected chi connectivity index (χ0v) is 13.8. The number of nitrogens with one attached hydrogen (secondary N) is 1. The lowest BCUT2D eigenvalue weighted by Gasteiger charge is -2.29. The van der Waals surface area contributed by atoms with Crippen molar-refractivity contribution in [3.8, 4) is 5.69 Å². The molecule has 24 heavy (non-hydrogen) atoms.